The average molecular weight is 1100 g/mol. The van der Waals surface area contributed by atoms with Gasteiger partial charge < -0.3 is 65.1 Å². The maximum absolute atomic E-state index is 13.1. The van der Waals surface area contributed by atoms with E-state index in [-0.39, 0.29) is 18.9 Å². The second kappa shape index (κ2) is 48.4. The van der Waals surface area contributed by atoms with Crippen LogP contribution in [0.5, 0.6) is 0 Å². The summed E-state index contributed by atoms with van der Waals surface area (Å²) in [7, 11) is 0. The van der Waals surface area contributed by atoms with Crippen molar-refractivity contribution in [3.8, 4) is 0 Å². The van der Waals surface area contributed by atoms with Gasteiger partial charge in [0.25, 0.3) is 0 Å². The van der Waals surface area contributed by atoms with Crippen molar-refractivity contribution in [2.24, 2.45) is 0 Å². The minimum absolute atomic E-state index is 0.252. The van der Waals surface area contributed by atoms with Crippen LogP contribution in [0, 0.1) is 0 Å². The molecule has 9 N–H and O–H groups in total. The topological polar surface area (TPSA) is 228 Å². The molecule has 2 fully saturated rings. The molecule has 12 unspecified atom stereocenters. The van der Waals surface area contributed by atoms with Crippen molar-refractivity contribution in [3.05, 3.63) is 109 Å². The minimum atomic E-state index is -1.79. The number of amides is 1. The van der Waals surface area contributed by atoms with Crippen LogP contribution in [0.1, 0.15) is 194 Å². The van der Waals surface area contributed by atoms with Crippen molar-refractivity contribution in [3.63, 3.8) is 0 Å². The Balaban J connectivity index is 1.52. The lowest BCUT2D eigenvalue weighted by Gasteiger charge is -2.46. The zero-order chi connectivity index (χ0) is 56.7. The Bertz CT molecular complexity index is 1720. The predicted molar refractivity (Wildman–Crippen MR) is 313 cm³/mol. The zero-order valence-electron chi connectivity index (χ0n) is 47.9. The van der Waals surface area contributed by atoms with Crippen molar-refractivity contribution in [2.75, 3.05) is 19.8 Å². The summed E-state index contributed by atoms with van der Waals surface area (Å²) in [6.07, 6.45) is 52.2. The highest BCUT2D eigenvalue weighted by Gasteiger charge is 2.51. The summed E-state index contributed by atoms with van der Waals surface area (Å²) in [6.45, 7) is 2.53. The first-order valence-corrected chi connectivity index (χ1v) is 30.1. The van der Waals surface area contributed by atoms with Crippen LogP contribution in [-0.4, -0.2) is 140 Å². The molecule has 2 aliphatic heterocycles. The van der Waals surface area contributed by atoms with Crippen LogP contribution in [-0.2, 0) is 23.7 Å². The van der Waals surface area contributed by atoms with Gasteiger partial charge >= 0.3 is 0 Å². The third-order valence-corrected chi connectivity index (χ3v) is 14.0. The zero-order valence-corrected chi connectivity index (χ0v) is 47.9. The van der Waals surface area contributed by atoms with E-state index in [1.54, 1.807) is 6.08 Å². The van der Waals surface area contributed by atoms with Crippen molar-refractivity contribution < 1.29 is 64.6 Å². The molecule has 2 heterocycles. The number of hydrogen-bond donors (Lipinski definition) is 9. The summed E-state index contributed by atoms with van der Waals surface area (Å²) in [5, 5.41) is 86.4. The average Bonchev–Trinajstić information content (AvgIpc) is 3.47. The number of hydrogen-bond acceptors (Lipinski definition) is 13. The molecule has 0 aromatic heterocycles. The Kier molecular flexibility index (Phi) is 43.9. The van der Waals surface area contributed by atoms with E-state index < -0.39 is 86.8 Å². The van der Waals surface area contributed by atoms with Gasteiger partial charge in [0, 0.05) is 6.42 Å². The normalized spacial score (nSPS) is 25.4. The fourth-order valence-corrected chi connectivity index (χ4v) is 9.13. The van der Waals surface area contributed by atoms with E-state index in [0.717, 1.165) is 96.3 Å². The highest BCUT2D eigenvalue weighted by atomic mass is 16.7. The summed E-state index contributed by atoms with van der Waals surface area (Å²) in [5.41, 5.74) is 0. The first-order chi connectivity index (χ1) is 38.1. The van der Waals surface area contributed by atoms with Crippen LogP contribution in [0.15, 0.2) is 109 Å². The van der Waals surface area contributed by atoms with E-state index in [1.165, 1.54) is 70.6 Å². The van der Waals surface area contributed by atoms with Crippen LogP contribution < -0.4 is 5.32 Å². The lowest BCUT2D eigenvalue weighted by atomic mass is 9.97. The van der Waals surface area contributed by atoms with Gasteiger partial charge in [-0.2, -0.15) is 0 Å². The Labute approximate surface area is 470 Å². The monoisotopic (exact) mass is 1100 g/mol. The molecule has 0 radical (unpaired) electrons. The Hall–Kier alpha value is -3.35. The van der Waals surface area contributed by atoms with Gasteiger partial charge in [-0.1, -0.05) is 213 Å². The lowest BCUT2D eigenvalue weighted by molar-refractivity contribution is -0.359. The SMILES string of the molecule is CC/C=C\C/C=C\C/C=C\C/C=C\C/C=C\C/C=C\C/C=C\C/C=C\CCCCCCCCCCCCCCCCC(=O)NC(COC1OC(CO)C(OC2OC(CO)C(O)C(O)C2O)C(O)C1O)C(O)/C=C/CCCCC. The summed E-state index contributed by atoms with van der Waals surface area (Å²) in [4.78, 5) is 13.1. The van der Waals surface area contributed by atoms with E-state index in [4.69, 9.17) is 18.9 Å². The number of rotatable bonds is 46. The second-order valence-electron chi connectivity index (χ2n) is 20.7. The van der Waals surface area contributed by atoms with Gasteiger partial charge in [-0.05, 0) is 83.5 Å². The molecule has 2 saturated heterocycles. The van der Waals surface area contributed by atoms with E-state index in [2.05, 4.69) is 116 Å². The smallest absolute Gasteiger partial charge is 0.220 e. The number of carbonyl (C=O) groups excluding carboxylic acids is 1. The van der Waals surface area contributed by atoms with E-state index >= 15 is 0 Å². The van der Waals surface area contributed by atoms with Gasteiger partial charge in [0.05, 0.1) is 32.0 Å². The lowest BCUT2D eigenvalue weighted by Crippen LogP contribution is -2.65. The molecule has 0 aliphatic carbocycles. The predicted octanol–water partition coefficient (Wildman–Crippen LogP) is 10.4. The number of allylic oxidation sites excluding steroid dienone is 17. The van der Waals surface area contributed by atoms with E-state index in [1.807, 2.05) is 6.08 Å². The van der Waals surface area contributed by atoms with Crippen LogP contribution >= 0.6 is 0 Å². The molecular weight excluding hydrogens is 991 g/mol. The molecule has 2 rings (SSSR count). The molecular formula is C64H107NO13. The highest BCUT2D eigenvalue weighted by molar-refractivity contribution is 5.76. The summed E-state index contributed by atoms with van der Waals surface area (Å²) in [5.74, 6) is -0.252. The van der Waals surface area contributed by atoms with Crippen LogP contribution in [0.2, 0.25) is 0 Å². The van der Waals surface area contributed by atoms with Gasteiger partial charge in [0.15, 0.2) is 12.6 Å². The minimum Gasteiger partial charge on any atom is -0.394 e. The molecule has 2 aliphatic rings. The molecule has 0 aromatic carbocycles. The fraction of sp³-hybridized carbons (Fsp3) is 0.703. The third kappa shape index (κ3) is 33.4. The second-order valence-corrected chi connectivity index (χ2v) is 20.7. The first-order valence-electron chi connectivity index (χ1n) is 30.1. The van der Waals surface area contributed by atoms with E-state index in [0.29, 0.717) is 6.42 Å². The number of aliphatic hydroxyl groups is 8. The first kappa shape index (κ1) is 70.8. The van der Waals surface area contributed by atoms with Crippen molar-refractivity contribution >= 4 is 5.91 Å². The fourth-order valence-electron chi connectivity index (χ4n) is 9.13. The third-order valence-electron chi connectivity index (χ3n) is 14.0. The van der Waals surface area contributed by atoms with Crippen LogP contribution in [0.25, 0.3) is 0 Å². The molecule has 14 nitrogen and oxygen atoms in total. The Morgan fingerprint density at radius 1 is 0.474 bits per heavy atom. The summed E-state index contributed by atoms with van der Waals surface area (Å²) in [6, 6.07) is -0.916. The number of carbonyl (C=O) groups is 1. The Morgan fingerprint density at radius 3 is 1.36 bits per heavy atom. The number of ether oxygens (including phenoxy) is 4. The van der Waals surface area contributed by atoms with Crippen molar-refractivity contribution in [2.45, 2.75) is 267 Å². The van der Waals surface area contributed by atoms with Gasteiger partial charge in [-0.15, -0.1) is 0 Å². The number of aliphatic hydroxyl groups excluding tert-OH is 8. The molecule has 0 spiro atoms. The van der Waals surface area contributed by atoms with Gasteiger partial charge in [0.2, 0.25) is 5.91 Å². The molecule has 0 bridgehead atoms. The summed E-state index contributed by atoms with van der Waals surface area (Å²) < 4.78 is 22.6. The van der Waals surface area contributed by atoms with Gasteiger partial charge in [-0.3, -0.25) is 4.79 Å². The quantitative estimate of drug-likeness (QED) is 0.0204. The van der Waals surface area contributed by atoms with E-state index in [9.17, 15) is 45.6 Å². The molecule has 1 amide bonds. The van der Waals surface area contributed by atoms with Gasteiger partial charge in [-0.25, -0.2) is 0 Å². The molecule has 446 valence electrons. The number of unbranched alkanes of at least 4 members (excludes halogenated alkanes) is 17. The molecule has 78 heavy (non-hydrogen) atoms. The standard InChI is InChI=1S/C64H107NO13/c1-3-5-7-9-10-11-12-13-14-15-16-17-18-19-20-21-22-23-24-25-26-27-28-29-30-31-32-33-34-35-36-37-38-39-40-41-42-44-46-48-56(69)65-52(53(68)47-45-43-8-6-4-2)51-75-63-61(74)59(72)62(55(50-67)77-63)78-64-60(73)58(71)57(70)54(49-66)76-64/h5,7,10-11,13-14,16-17,19-20,22-23,25-26,28-29,45,47,52-55,57-64,66-68,70-74H,3-4,6,8-9,12,15,18,21,24,27,30-44,46,48-51H2,1-2H3,(H,65,69)/b7-5-,11-10-,14-13-,17-16-,20-19-,23-22-,26-25-,29-28-,47-45+. The van der Waals surface area contributed by atoms with Crippen LogP contribution in [0.3, 0.4) is 0 Å². The van der Waals surface area contributed by atoms with Crippen molar-refractivity contribution in [1.82, 2.24) is 5.32 Å². The molecule has 12 atom stereocenters. The molecule has 14 heteroatoms. The van der Waals surface area contributed by atoms with Crippen LogP contribution in [0.4, 0.5) is 0 Å². The molecule has 0 aromatic rings. The Morgan fingerprint density at radius 2 is 0.885 bits per heavy atom. The largest absolute Gasteiger partial charge is 0.394 e. The summed E-state index contributed by atoms with van der Waals surface area (Å²) >= 11 is 0. The number of nitrogens with one attached hydrogen (secondary N) is 1. The highest BCUT2D eigenvalue weighted by Crippen LogP contribution is 2.30. The molecule has 0 saturated carbocycles. The van der Waals surface area contributed by atoms with Gasteiger partial charge in [0.1, 0.15) is 48.8 Å². The van der Waals surface area contributed by atoms with Crippen molar-refractivity contribution in [1.29, 1.82) is 0 Å². The maximum Gasteiger partial charge on any atom is 0.220 e. The maximum atomic E-state index is 13.1.